The Labute approximate surface area is 691 Å². The number of fused-ring (bicyclic) bond motifs is 8. The van der Waals surface area contributed by atoms with E-state index in [1.165, 1.54) is 82.6 Å². The fraction of sp³-hybridized carbons (Fsp3) is 0.376. The van der Waals surface area contributed by atoms with Crippen LogP contribution in [0, 0.1) is 12.7 Å². The number of hydrogen-bond donors (Lipinski definition) is 0. The number of aryl methyl sites for hydroxylation is 1. The number of benzene rings is 7. The van der Waals surface area contributed by atoms with Crippen LogP contribution in [0.4, 0.5) is 4.39 Å². The number of carbonyl (C=O) groups excluding carboxylic acids is 8. The normalized spacial score (nSPS) is 22.4. The van der Waals surface area contributed by atoms with Crippen LogP contribution in [0.3, 0.4) is 0 Å². The van der Waals surface area contributed by atoms with Crippen LogP contribution in [0.15, 0.2) is 189 Å². The molecular formula is C93H91FN4O14S4. The van der Waals surface area contributed by atoms with Crippen molar-refractivity contribution in [3.05, 3.63) is 262 Å². The Balaban J connectivity index is 0.000000111. The highest BCUT2D eigenvalue weighted by molar-refractivity contribution is 8.05. The molecular weight excluding hydrogens is 1540 g/mol. The number of ketones is 8. The van der Waals surface area contributed by atoms with Gasteiger partial charge in [0.15, 0.2) is 0 Å². The van der Waals surface area contributed by atoms with E-state index in [4.69, 9.17) is 28.4 Å². The van der Waals surface area contributed by atoms with E-state index in [1.54, 1.807) is 61.7 Å². The number of Topliss-reactive ketones (excluding diaryl/α,β-unsaturated/α-hetero) is 8. The zero-order valence-electron chi connectivity index (χ0n) is 65.1. The van der Waals surface area contributed by atoms with Gasteiger partial charge in [-0.2, -0.15) is 0 Å². The van der Waals surface area contributed by atoms with Crippen LogP contribution in [0.5, 0.6) is 5.75 Å². The fourth-order valence-corrected chi connectivity index (χ4v) is 22.7. The van der Waals surface area contributed by atoms with E-state index < -0.39 is 46.3 Å². The van der Waals surface area contributed by atoms with Gasteiger partial charge in [0, 0.05) is 210 Å². The zero-order valence-corrected chi connectivity index (χ0v) is 68.3. The van der Waals surface area contributed by atoms with Crippen molar-refractivity contribution in [1.82, 2.24) is 19.6 Å². The Morgan fingerprint density at radius 2 is 0.724 bits per heavy atom. The van der Waals surface area contributed by atoms with E-state index in [1.807, 2.05) is 72.8 Å². The standard InChI is InChI=1S/C24H23NO4S.C24H23NO3S.C23H20FNO3S.C22H25NO4S/c1-28-17-6-4-5-16(13-17)14-25-11-9-24(10-12-25)15-30-23-21(27)20(26)18-7-2-3-8-19(18)22(23)29-24;1-16-6-8-17(9-7-16)14-25-12-10-24(11-13-25)15-29-23-21(27)20(26)18-4-2-3-5-19(18)22(23)28-24;24-18-8-4-1-5-15(18)13-25-11-9-23(10-12-25)14-29-22-20(27)19(26)16-6-2-3-7-17(16)21(22)28-23;24-18-16-6-1-2-7-17(16)20-21(19(18)25)28-14-22(27-20)8-10-23(11-9-22)13-15-5-3-4-12-26-15/h2-8,13H,9-12,14-15H2,1H3;2-9H,10-15H2,1H3;1-8H,9-14H2;1-2,6-7,15H,3-5,8-14H2. The highest BCUT2D eigenvalue weighted by Crippen LogP contribution is 2.52. The molecule has 0 radical (unpaired) electrons. The Bertz CT molecular complexity index is 5230. The summed E-state index contributed by atoms with van der Waals surface area (Å²) in [5.41, 5.74) is 8.21. The second-order valence-corrected chi connectivity index (χ2v) is 36.2. The first-order valence-electron chi connectivity index (χ1n) is 40.3. The van der Waals surface area contributed by atoms with E-state index in [0.717, 1.165) is 170 Å². The minimum Gasteiger partial charge on any atom is -0.497 e. The topological polar surface area (TPSA) is 205 Å². The third-order valence-corrected chi connectivity index (χ3v) is 29.9. The van der Waals surface area contributed by atoms with Gasteiger partial charge in [0.05, 0.1) is 13.2 Å². The first-order valence-corrected chi connectivity index (χ1v) is 44.2. The van der Waals surface area contributed by atoms with Crippen molar-refractivity contribution in [2.75, 3.05) is 95.6 Å². The maximum absolute atomic E-state index is 14.0. The SMILES string of the molecule is COc1cccc(CN2CCC3(CC2)CSC2=C(O3)c3ccccc3C(=O)C2=O)c1.Cc1ccc(CN2CCC3(CC2)CSC2=C(O3)c3ccccc3C(=O)C2=O)cc1.O=C1C(=O)c2ccccc2C2=C1SCC1(CCN(CC3CCCCO3)CC1)O2.O=C1C(=O)c2ccccc2C2=C1SCC1(CCN(Cc3ccccc3F)CC1)O2. The summed E-state index contributed by atoms with van der Waals surface area (Å²) in [5, 5.41) is 0. The van der Waals surface area contributed by atoms with Gasteiger partial charge < -0.3 is 33.3 Å². The number of ether oxygens (including phenoxy) is 6. The summed E-state index contributed by atoms with van der Waals surface area (Å²) >= 11 is 5.94. The lowest BCUT2D eigenvalue weighted by Crippen LogP contribution is -2.51. The number of rotatable bonds is 9. The lowest BCUT2D eigenvalue weighted by Gasteiger charge is -2.46. The van der Waals surface area contributed by atoms with Crippen LogP contribution >= 0.6 is 47.0 Å². The molecule has 9 aliphatic heterocycles. The van der Waals surface area contributed by atoms with Crippen LogP contribution in [-0.4, -0.2) is 190 Å². The quantitative estimate of drug-likeness (QED) is 0.123. The monoisotopic (exact) mass is 1630 g/mol. The van der Waals surface area contributed by atoms with Crippen LogP contribution in [0.25, 0.3) is 23.0 Å². The molecule has 5 saturated heterocycles. The molecule has 23 heteroatoms. The van der Waals surface area contributed by atoms with E-state index in [9.17, 15) is 42.7 Å². The molecule has 20 rings (SSSR count). The van der Waals surface area contributed by atoms with Gasteiger partial charge in [-0.25, -0.2) is 4.39 Å². The van der Waals surface area contributed by atoms with Crippen LogP contribution in [0.2, 0.25) is 0 Å². The van der Waals surface area contributed by atoms with Gasteiger partial charge in [-0.15, -0.1) is 47.0 Å². The van der Waals surface area contributed by atoms with Crippen molar-refractivity contribution < 1.29 is 71.2 Å². The smallest absolute Gasteiger partial charge is 0.243 e. The molecule has 0 amide bonds. The molecule has 7 aromatic rings. The molecule has 18 nitrogen and oxygen atoms in total. The van der Waals surface area contributed by atoms with Crippen LogP contribution in [-0.2, 0) is 62.5 Å². The second kappa shape index (κ2) is 33.8. The average Bonchev–Trinajstić information content (AvgIpc) is 0.759. The van der Waals surface area contributed by atoms with Gasteiger partial charge >= 0.3 is 0 Å². The van der Waals surface area contributed by atoms with Crippen molar-refractivity contribution >= 4 is 116 Å². The number of likely N-dealkylation sites (tertiary alicyclic amines) is 4. The average molecular weight is 1640 g/mol. The molecule has 5 fully saturated rings. The third kappa shape index (κ3) is 16.3. The molecule has 13 aliphatic rings. The molecule has 1 unspecified atom stereocenters. The predicted molar refractivity (Wildman–Crippen MR) is 449 cm³/mol. The summed E-state index contributed by atoms with van der Waals surface area (Å²) in [6.45, 7) is 13.8. The Morgan fingerprint density at radius 3 is 1.09 bits per heavy atom. The lowest BCUT2D eigenvalue weighted by molar-refractivity contribution is -0.112. The molecule has 4 aliphatic carbocycles. The number of methoxy groups -OCH3 is 1. The molecule has 7 aromatic carbocycles. The number of piperidine rings is 4. The largest absolute Gasteiger partial charge is 0.497 e. The number of allylic oxidation sites excluding steroid dienone is 4. The highest BCUT2D eigenvalue weighted by Gasteiger charge is 2.51. The summed E-state index contributed by atoms with van der Waals surface area (Å²) in [6, 6.07) is 52.8. The fourth-order valence-electron chi connectivity index (χ4n) is 17.6. The molecule has 0 bridgehead atoms. The summed E-state index contributed by atoms with van der Waals surface area (Å²) in [4.78, 5) is 111. The van der Waals surface area contributed by atoms with Gasteiger partial charge in [0.25, 0.3) is 0 Å². The minimum absolute atomic E-state index is 0.172. The molecule has 598 valence electrons. The Morgan fingerprint density at radius 1 is 0.379 bits per heavy atom. The maximum atomic E-state index is 14.0. The predicted octanol–water partition coefficient (Wildman–Crippen LogP) is 15.5. The van der Waals surface area contributed by atoms with E-state index in [0.29, 0.717) is 100 Å². The van der Waals surface area contributed by atoms with E-state index in [-0.39, 0.29) is 28.2 Å². The van der Waals surface area contributed by atoms with Gasteiger partial charge in [-0.05, 0) is 55.5 Å². The molecule has 0 N–H and O–H groups in total. The molecule has 9 heterocycles. The molecule has 0 aromatic heterocycles. The number of hydrogen-bond acceptors (Lipinski definition) is 22. The van der Waals surface area contributed by atoms with Crippen molar-refractivity contribution in [3.63, 3.8) is 0 Å². The zero-order chi connectivity index (χ0) is 79.9. The third-order valence-electron chi connectivity index (χ3n) is 24.6. The number of carbonyl (C=O) groups is 8. The molecule has 4 spiro atoms. The van der Waals surface area contributed by atoms with Crippen LogP contribution in [0.1, 0.15) is 157 Å². The molecule has 116 heavy (non-hydrogen) atoms. The lowest BCUT2D eigenvalue weighted by atomic mass is 9.90. The first-order chi connectivity index (χ1) is 56.3. The van der Waals surface area contributed by atoms with Gasteiger partial charge in [0.1, 0.15) is 76.6 Å². The van der Waals surface area contributed by atoms with Crippen molar-refractivity contribution in [2.24, 2.45) is 0 Å². The van der Waals surface area contributed by atoms with Gasteiger partial charge in [0.2, 0.25) is 46.3 Å². The van der Waals surface area contributed by atoms with Gasteiger partial charge in [-0.1, -0.05) is 157 Å². The number of thioether (sulfide) groups is 4. The van der Waals surface area contributed by atoms with Gasteiger partial charge in [-0.3, -0.25) is 53.1 Å². The van der Waals surface area contributed by atoms with Crippen molar-refractivity contribution in [2.45, 2.75) is 126 Å². The number of nitrogens with zero attached hydrogens (tertiary/aromatic N) is 4. The number of halogens is 1. The van der Waals surface area contributed by atoms with Crippen molar-refractivity contribution in [1.29, 1.82) is 0 Å². The Kier molecular flexibility index (Phi) is 23.1. The van der Waals surface area contributed by atoms with E-state index >= 15 is 0 Å². The Hall–Kier alpha value is -9.01. The summed E-state index contributed by atoms with van der Waals surface area (Å²) in [6.07, 6.45) is 11.1. The summed E-state index contributed by atoms with van der Waals surface area (Å²) in [7, 11) is 1.69. The van der Waals surface area contributed by atoms with E-state index in [2.05, 4.69) is 62.9 Å². The van der Waals surface area contributed by atoms with Crippen LogP contribution < -0.4 is 4.74 Å². The molecule has 1 atom stereocenters. The summed E-state index contributed by atoms with van der Waals surface area (Å²) in [5.74, 6) is 2.50. The minimum atomic E-state index is -0.462. The second-order valence-electron chi connectivity index (χ2n) is 32.3. The van der Waals surface area contributed by atoms with Crippen molar-refractivity contribution in [3.8, 4) is 5.75 Å². The summed E-state index contributed by atoms with van der Waals surface area (Å²) < 4.78 is 51.3. The molecule has 0 saturated carbocycles. The maximum Gasteiger partial charge on any atom is 0.243 e. The highest BCUT2D eigenvalue weighted by atomic mass is 32.2. The first kappa shape index (κ1) is 79.5.